The molecule has 0 aromatic carbocycles. The van der Waals surface area contributed by atoms with Crippen LogP contribution in [0, 0.1) is 0 Å². The Balaban J connectivity index is 1.88. The van der Waals surface area contributed by atoms with Crippen LogP contribution in [0.15, 0.2) is 14.3 Å². The number of halogens is 2. The van der Waals surface area contributed by atoms with E-state index in [9.17, 15) is 4.79 Å². The lowest BCUT2D eigenvalue weighted by Gasteiger charge is -2.03. The molecule has 138 valence electrons. The lowest BCUT2D eigenvalue weighted by atomic mass is 10.0. The summed E-state index contributed by atoms with van der Waals surface area (Å²) >= 11 is 8.41. The fourth-order valence-electron chi connectivity index (χ4n) is 2.91. The molecule has 0 radical (unpaired) electrons. The topological polar surface area (TPSA) is 17.1 Å². The molecule has 0 unspecified atom stereocenters. The van der Waals surface area contributed by atoms with Crippen LogP contribution in [-0.2, 0) is 0 Å². The summed E-state index contributed by atoms with van der Waals surface area (Å²) in [5, 5.41) is 0. The molecule has 0 spiro atoms. The highest BCUT2D eigenvalue weighted by atomic mass is 79.9. The summed E-state index contributed by atoms with van der Waals surface area (Å²) < 4.78 is 2.00. The third kappa shape index (κ3) is 10.4. The SMILES string of the molecule is CCCCCCCCCCCCCCCC(=O)c1cc(Br)c(Br)s1. The molecule has 0 aliphatic heterocycles. The zero-order chi connectivity index (χ0) is 17.6. The lowest BCUT2D eigenvalue weighted by Crippen LogP contribution is -1.95. The van der Waals surface area contributed by atoms with E-state index in [0.29, 0.717) is 6.42 Å². The molecule has 4 heteroatoms. The van der Waals surface area contributed by atoms with Crippen molar-refractivity contribution in [3.05, 3.63) is 19.2 Å². The van der Waals surface area contributed by atoms with Gasteiger partial charge in [-0.1, -0.05) is 84.0 Å². The average Bonchev–Trinajstić information content (AvgIpc) is 2.91. The molecular weight excluding hydrogens is 448 g/mol. The summed E-state index contributed by atoms with van der Waals surface area (Å²) in [4.78, 5) is 12.9. The number of carbonyl (C=O) groups excluding carboxylic acids is 1. The molecule has 1 rings (SSSR count). The van der Waals surface area contributed by atoms with Crippen LogP contribution in [0.3, 0.4) is 0 Å². The highest BCUT2D eigenvalue weighted by Crippen LogP contribution is 2.33. The minimum absolute atomic E-state index is 0.287. The van der Waals surface area contributed by atoms with Crippen molar-refractivity contribution < 1.29 is 4.79 Å². The van der Waals surface area contributed by atoms with E-state index in [1.165, 1.54) is 88.4 Å². The quantitative estimate of drug-likeness (QED) is 0.181. The maximum Gasteiger partial charge on any atom is 0.172 e. The molecule has 0 atom stereocenters. The maximum atomic E-state index is 12.1. The third-order valence-electron chi connectivity index (χ3n) is 4.43. The second kappa shape index (κ2) is 14.5. The Morgan fingerprint density at radius 3 is 1.71 bits per heavy atom. The summed E-state index contributed by atoms with van der Waals surface area (Å²) in [6.07, 6.45) is 18.1. The van der Waals surface area contributed by atoms with Gasteiger partial charge in [-0.05, 0) is 44.3 Å². The van der Waals surface area contributed by atoms with Crippen molar-refractivity contribution in [1.82, 2.24) is 0 Å². The van der Waals surface area contributed by atoms with Gasteiger partial charge in [-0.3, -0.25) is 4.79 Å². The number of unbranched alkanes of at least 4 members (excludes halogenated alkanes) is 12. The van der Waals surface area contributed by atoms with Crippen LogP contribution in [-0.4, -0.2) is 5.78 Å². The van der Waals surface area contributed by atoms with Crippen molar-refractivity contribution in [3.8, 4) is 0 Å². The summed E-state index contributed by atoms with van der Waals surface area (Å²) in [6, 6.07) is 1.93. The first-order chi connectivity index (χ1) is 11.6. The van der Waals surface area contributed by atoms with Gasteiger partial charge in [-0.2, -0.15) is 0 Å². The summed E-state index contributed by atoms with van der Waals surface area (Å²) in [5.74, 6) is 0.287. The van der Waals surface area contributed by atoms with Gasteiger partial charge < -0.3 is 0 Å². The number of carbonyl (C=O) groups is 1. The van der Waals surface area contributed by atoms with E-state index in [1.54, 1.807) is 0 Å². The Bertz CT molecular complexity index is 437. The molecular formula is C20H32Br2OS. The van der Waals surface area contributed by atoms with Gasteiger partial charge in [0.05, 0.1) is 8.66 Å². The van der Waals surface area contributed by atoms with Gasteiger partial charge >= 0.3 is 0 Å². The first kappa shape index (κ1) is 22.4. The Morgan fingerprint density at radius 2 is 1.29 bits per heavy atom. The van der Waals surface area contributed by atoms with E-state index in [0.717, 1.165) is 19.6 Å². The van der Waals surface area contributed by atoms with Crippen LogP contribution in [0.25, 0.3) is 0 Å². The predicted molar refractivity (Wildman–Crippen MR) is 114 cm³/mol. The highest BCUT2D eigenvalue weighted by molar-refractivity contribution is 9.13. The Hall–Kier alpha value is 0.330. The summed E-state index contributed by atoms with van der Waals surface area (Å²) in [6.45, 7) is 2.27. The van der Waals surface area contributed by atoms with Gasteiger partial charge in [0, 0.05) is 10.9 Å². The first-order valence-corrected chi connectivity index (χ1v) is 12.0. The predicted octanol–water partition coefficient (Wildman–Crippen LogP) is 8.94. The van der Waals surface area contributed by atoms with Gasteiger partial charge in [0.1, 0.15) is 0 Å². The number of rotatable bonds is 15. The number of thiophene rings is 1. The van der Waals surface area contributed by atoms with Crippen molar-refractivity contribution in [1.29, 1.82) is 0 Å². The molecule has 1 aromatic rings. The van der Waals surface area contributed by atoms with E-state index < -0.39 is 0 Å². The molecule has 0 saturated carbocycles. The van der Waals surface area contributed by atoms with Crippen molar-refractivity contribution in [2.75, 3.05) is 0 Å². The van der Waals surface area contributed by atoms with Crippen molar-refractivity contribution >= 4 is 49.0 Å². The van der Waals surface area contributed by atoms with Crippen LogP contribution >= 0.6 is 43.2 Å². The molecule has 1 heterocycles. The van der Waals surface area contributed by atoms with Crippen LogP contribution in [0.4, 0.5) is 0 Å². The zero-order valence-corrected chi connectivity index (χ0v) is 19.0. The number of hydrogen-bond acceptors (Lipinski definition) is 2. The Morgan fingerprint density at radius 1 is 0.833 bits per heavy atom. The van der Waals surface area contributed by atoms with E-state index in [2.05, 4.69) is 38.8 Å². The van der Waals surface area contributed by atoms with Crippen LogP contribution in [0.1, 0.15) is 106 Å². The van der Waals surface area contributed by atoms with E-state index in [4.69, 9.17) is 0 Å². The summed E-state index contributed by atoms with van der Waals surface area (Å²) in [7, 11) is 0. The normalized spacial score (nSPS) is 11.1. The maximum absolute atomic E-state index is 12.1. The van der Waals surface area contributed by atoms with Gasteiger partial charge in [-0.15, -0.1) is 11.3 Å². The molecule has 0 saturated heterocycles. The molecule has 1 nitrogen and oxygen atoms in total. The van der Waals surface area contributed by atoms with Crippen molar-refractivity contribution in [2.45, 2.75) is 96.8 Å². The lowest BCUT2D eigenvalue weighted by molar-refractivity contribution is 0.0983. The molecule has 1 aromatic heterocycles. The molecule has 0 aliphatic carbocycles. The highest BCUT2D eigenvalue weighted by Gasteiger charge is 2.11. The zero-order valence-electron chi connectivity index (χ0n) is 15.0. The molecule has 0 amide bonds. The van der Waals surface area contributed by atoms with Gasteiger partial charge in [0.2, 0.25) is 0 Å². The fraction of sp³-hybridized carbons (Fsp3) is 0.750. The van der Waals surface area contributed by atoms with Crippen molar-refractivity contribution in [2.24, 2.45) is 0 Å². The van der Waals surface area contributed by atoms with Crippen LogP contribution in [0.2, 0.25) is 0 Å². The third-order valence-corrected chi connectivity index (χ3v) is 7.72. The molecule has 0 bridgehead atoms. The largest absolute Gasteiger partial charge is 0.293 e. The van der Waals surface area contributed by atoms with Crippen molar-refractivity contribution in [3.63, 3.8) is 0 Å². The average molecular weight is 480 g/mol. The minimum atomic E-state index is 0.287. The van der Waals surface area contributed by atoms with E-state index >= 15 is 0 Å². The second-order valence-electron chi connectivity index (χ2n) is 6.65. The molecule has 0 N–H and O–H groups in total. The van der Waals surface area contributed by atoms with Crippen LogP contribution < -0.4 is 0 Å². The molecule has 24 heavy (non-hydrogen) atoms. The monoisotopic (exact) mass is 478 g/mol. The van der Waals surface area contributed by atoms with E-state index in [1.807, 2.05) is 6.07 Å². The van der Waals surface area contributed by atoms with Gasteiger partial charge in [-0.25, -0.2) is 0 Å². The fourth-order valence-corrected chi connectivity index (χ4v) is 4.91. The standard InChI is InChI=1S/C20H32Br2OS/c1-2-3-4-5-6-7-8-9-10-11-12-13-14-15-18(23)19-16-17(21)20(22)24-19/h16H,2-15H2,1H3. The van der Waals surface area contributed by atoms with Gasteiger partial charge in [0.15, 0.2) is 5.78 Å². The number of ketones is 1. The van der Waals surface area contributed by atoms with Gasteiger partial charge in [0.25, 0.3) is 0 Å². The minimum Gasteiger partial charge on any atom is -0.293 e. The number of Topliss-reactive ketones (excluding diaryl/α,β-unsaturated/α-hetero) is 1. The number of hydrogen-bond donors (Lipinski definition) is 0. The summed E-state index contributed by atoms with van der Waals surface area (Å²) in [5.41, 5.74) is 0. The van der Waals surface area contributed by atoms with Crippen LogP contribution in [0.5, 0.6) is 0 Å². The first-order valence-electron chi connectivity index (χ1n) is 9.63. The smallest absolute Gasteiger partial charge is 0.172 e. The second-order valence-corrected chi connectivity index (χ2v) is 9.87. The Labute approximate surface area is 169 Å². The molecule has 0 aliphatic rings. The van der Waals surface area contributed by atoms with E-state index in [-0.39, 0.29) is 5.78 Å². The Kier molecular flexibility index (Phi) is 13.5. The molecule has 0 fully saturated rings.